The second-order valence-corrected chi connectivity index (χ2v) is 8.04. The second kappa shape index (κ2) is 7.95. The van der Waals surface area contributed by atoms with Gasteiger partial charge in [-0.25, -0.2) is 0 Å². The fourth-order valence-electron chi connectivity index (χ4n) is 3.08. The van der Waals surface area contributed by atoms with Gasteiger partial charge in [0.1, 0.15) is 5.69 Å². The largest absolute Gasteiger partial charge is 0.350 e. The van der Waals surface area contributed by atoms with Gasteiger partial charge < -0.3 is 10.3 Å². The molecule has 0 spiro atoms. The van der Waals surface area contributed by atoms with E-state index in [1.807, 2.05) is 30.3 Å². The van der Waals surface area contributed by atoms with Crippen molar-refractivity contribution in [2.45, 2.75) is 30.2 Å². The maximum Gasteiger partial charge on any atom is 0.269 e. The number of rotatable bonds is 5. The molecule has 0 aliphatic heterocycles. The summed E-state index contributed by atoms with van der Waals surface area (Å²) in [6.45, 7) is 4.63. The maximum absolute atomic E-state index is 13.0. The van der Waals surface area contributed by atoms with Crippen LogP contribution in [0.1, 0.15) is 27.2 Å². The third kappa shape index (κ3) is 3.97. The van der Waals surface area contributed by atoms with E-state index in [-0.39, 0.29) is 5.91 Å². The Kier molecular flexibility index (Phi) is 5.22. The van der Waals surface area contributed by atoms with Crippen molar-refractivity contribution >= 4 is 28.6 Å². The minimum Gasteiger partial charge on any atom is -0.350 e. The molecular formula is C24H22N2OS. The van der Waals surface area contributed by atoms with Crippen molar-refractivity contribution in [1.82, 2.24) is 10.3 Å². The normalized spacial score (nSPS) is 10.9. The molecule has 0 fully saturated rings. The number of aryl methyl sites for hydroxylation is 2. The van der Waals surface area contributed by atoms with Crippen LogP contribution in [0.5, 0.6) is 0 Å². The quantitative estimate of drug-likeness (QED) is 0.451. The van der Waals surface area contributed by atoms with Crippen LogP contribution >= 0.6 is 11.8 Å². The van der Waals surface area contributed by atoms with Crippen LogP contribution in [0.2, 0.25) is 0 Å². The molecule has 4 heteroatoms. The van der Waals surface area contributed by atoms with Gasteiger partial charge in [-0.2, -0.15) is 0 Å². The van der Waals surface area contributed by atoms with Crippen molar-refractivity contribution in [3.05, 3.63) is 95.2 Å². The van der Waals surface area contributed by atoms with Gasteiger partial charge in [-0.15, -0.1) is 0 Å². The van der Waals surface area contributed by atoms with Gasteiger partial charge in [0.2, 0.25) is 0 Å². The van der Waals surface area contributed by atoms with Crippen LogP contribution in [0.15, 0.2) is 82.6 Å². The number of carbonyl (C=O) groups excluding carboxylic acids is 1. The number of benzene rings is 3. The number of H-pyrrole nitrogens is 1. The topological polar surface area (TPSA) is 44.9 Å². The zero-order chi connectivity index (χ0) is 19.5. The first-order chi connectivity index (χ1) is 13.6. The minimum absolute atomic E-state index is 0.0913. The predicted molar refractivity (Wildman–Crippen MR) is 116 cm³/mol. The highest BCUT2D eigenvalue weighted by molar-refractivity contribution is 7.99. The number of amides is 1. The van der Waals surface area contributed by atoms with Gasteiger partial charge in [-0.3, -0.25) is 4.79 Å². The first-order valence-electron chi connectivity index (χ1n) is 9.29. The lowest BCUT2D eigenvalue weighted by molar-refractivity contribution is 0.0944. The molecule has 140 valence electrons. The summed E-state index contributed by atoms with van der Waals surface area (Å²) in [4.78, 5) is 18.3. The number of nitrogens with one attached hydrogen (secondary N) is 2. The summed E-state index contributed by atoms with van der Waals surface area (Å²) in [5.74, 6) is -0.0913. The van der Waals surface area contributed by atoms with Crippen molar-refractivity contribution in [1.29, 1.82) is 0 Å². The van der Waals surface area contributed by atoms with E-state index in [0.29, 0.717) is 12.2 Å². The molecule has 28 heavy (non-hydrogen) atoms. The smallest absolute Gasteiger partial charge is 0.269 e. The van der Waals surface area contributed by atoms with Crippen molar-refractivity contribution in [3.8, 4) is 0 Å². The van der Waals surface area contributed by atoms with E-state index in [9.17, 15) is 4.79 Å². The molecule has 0 aliphatic carbocycles. The molecule has 0 unspecified atom stereocenters. The summed E-state index contributed by atoms with van der Waals surface area (Å²) in [5, 5.41) is 4.11. The highest BCUT2D eigenvalue weighted by Gasteiger charge is 2.18. The Morgan fingerprint density at radius 1 is 0.893 bits per heavy atom. The van der Waals surface area contributed by atoms with Gasteiger partial charge in [0.25, 0.3) is 5.91 Å². The van der Waals surface area contributed by atoms with Crippen LogP contribution in [0, 0.1) is 13.8 Å². The molecule has 3 aromatic carbocycles. The molecule has 0 atom stereocenters. The fourth-order valence-corrected chi connectivity index (χ4v) is 4.12. The van der Waals surface area contributed by atoms with Gasteiger partial charge in [-0.05, 0) is 37.6 Å². The first-order valence-corrected chi connectivity index (χ1v) is 10.1. The number of para-hydroxylation sites is 1. The van der Waals surface area contributed by atoms with Crippen LogP contribution in [0.25, 0.3) is 10.9 Å². The first kappa shape index (κ1) is 18.4. The highest BCUT2D eigenvalue weighted by Crippen LogP contribution is 2.36. The summed E-state index contributed by atoms with van der Waals surface area (Å²) < 4.78 is 0. The monoisotopic (exact) mass is 386 g/mol. The van der Waals surface area contributed by atoms with Gasteiger partial charge in [0, 0.05) is 22.3 Å². The number of hydrogen-bond donors (Lipinski definition) is 2. The molecule has 0 saturated heterocycles. The van der Waals surface area contributed by atoms with E-state index in [1.165, 1.54) is 11.1 Å². The molecule has 4 aromatic rings. The minimum atomic E-state index is -0.0913. The molecule has 0 radical (unpaired) electrons. The van der Waals surface area contributed by atoms with Gasteiger partial charge in [0.05, 0.1) is 4.90 Å². The molecule has 2 N–H and O–H groups in total. The van der Waals surface area contributed by atoms with E-state index < -0.39 is 0 Å². The van der Waals surface area contributed by atoms with E-state index in [1.54, 1.807) is 11.8 Å². The number of fused-ring (bicyclic) bond motifs is 1. The Morgan fingerprint density at radius 3 is 2.25 bits per heavy atom. The molecule has 0 aliphatic rings. The summed E-state index contributed by atoms with van der Waals surface area (Å²) in [7, 11) is 0. The standard InChI is InChI=1S/C24H22N2OS/c1-16-7-11-18(12-8-16)15-25-24(27)22-23(20-5-3-4-6-21(20)26-22)28-19-13-9-17(2)10-14-19/h3-14,26H,15H2,1-2H3,(H,25,27). The van der Waals surface area contributed by atoms with Crippen LogP contribution in [-0.4, -0.2) is 10.9 Å². The highest BCUT2D eigenvalue weighted by atomic mass is 32.2. The summed E-state index contributed by atoms with van der Waals surface area (Å²) in [5.41, 5.74) is 5.10. The van der Waals surface area contributed by atoms with Gasteiger partial charge in [-0.1, -0.05) is 77.5 Å². The molecule has 1 aromatic heterocycles. The predicted octanol–water partition coefficient (Wildman–Crippen LogP) is 5.87. The van der Waals surface area contributed by atoms with E-state index in [4.69, 9.17) is 0 Å². The van der Waals surface area contributed by atoms with Gasteiger partial charge >= 0.3 is 0 Å². The Labute approximate surface area is 169 Å². The van der Waals surface area contributed by atoms with E-state index in [2.05, 4.69) is 66.6 Å². The molecule has 4 rings (SSSR count). The van der Waals surface area contributed by atoms with Crippen LogP contribution in [-0.2, 0) is 6.54 Å². The third-order valence-electron chi connectivity index (χ3n) is 4.70. The summed E-state index contributed by atoms with van der Waals surface area (Å²) in [6.07, 6.45) is 0. The number of aromatic nitrogens is 1. The van der Waals surface area contributed by atoms with Gasteiger partial charge in [0.15, 0.2) is 0 Å². The average Bonchev–Trinajstić information content (AvgIpc) is 3.08. The Morgan fingerprint density at radius 2 is 1.54 bits per heavy atom. The summed E-state index contributed by atoms with van der Waals surface area (Å²) in [6, 6.07) is 24.6. The molecule has 0 bridgehead atoms. The zero-order valence-electron chi connectivity index (χ0n) is 16.0. The molecular weight excluding hydrogens is 364 g/mol. The van der Waals surface area contributed by atoms with Crippen LogP contribution in [0.3, 0.4) is 0 Å². The lowest BCUT2D eigenvalue weighted by Gasteiger charge is -2.08. The fraction of sp³-hybridized carbons (Fsp3) is 0.125. The lowest BCUT2D eigenvalue weighted by Crippen LogP contribution is -2.23. The van der Waals surface area contributed by atoms with E-state index in [0.717, 1.165) is 26.3 Å². The SMILES string of the molecule is Cc1ccc(CNC(=O)c2[nH]c3ccccc3c2Sc2ccc(C)cc2)cc1. The van der Waals surface area contributed by atoms with Crippen molar-refractivity contribution < 1.29 is 4.79 Å². The Hall–Kier alpha value is -2.98. The number of carbonyl (C=O) groups is 1. The average molecular weight is 387 g/mol. The van der Waals surface area contributed by atoms with Crippen molar-refractivity contribution in [2.24, 2.45) is 0 Å². The van der Waals surface area contributed by atoms with Crippen molar-refractivity contribution in [3.63, 3.8) is 0 Å². The molecule has 3 nitrogen and oxygen atoms in total. The molecule has 0 saturated carbocycles. The number of aromatic amines is 1. The van der Waals surface area contributed by atoms with E-state index >= 15 is 0 Å². The van der Waals surface area contributed by atoms with Crippen LogP contribution in [0.4, 0.5) is 0 Å². The lowest BCUT2D eigenvalue weighted by atomic mass is 10.1. The van der Waals surface area contributed by atoms with Crippen molar-refractivity contribution in [2.75, 3.05) is 0 Å². The maximum atomic E-state index is 13.0. The number of hydrogen-bond acceptors (Lipinski definition) is 2. The molecule has 1 heterocycles. The zero-order valence-corrected chi connectivity index (χ0v) is 16.8. The van der Waals surface area contributed by atoms with Crippen LogP contribution < -0.4 is 5.32 Å². The molecule has 1 amide bonds. The second-order valence-electron chi connectivity index (χ2n) is 6.96. The Balaban J connectivity index is 1.62. The summed E-state index contributed by atoms with van der Waals surface area (Å²) >= 11 is 1.62. The Bertz CT molecular complexity index is 1110. The third-order valence-corrected chi connectivity index (χ3v) is 5.84.